The fourth-order valence-corrected chi connectivity index (χ4v) is 2.14. The third-order valence-corrected chi connectivity index (χ3v) is 3.68. The predicted octanol–water partition coefficient (Wildman–Crippen LogP) is 2.31. The van der Waals surface area contributed by atoms with Crippen LogP contribution in [0.15, 0.2) is 18.3 Å². The molecule has 92 valence electrons. The van der Waals surface area contributed by atoms with Crippen LogP contribution in [0.1, 0.15) is 23.8 Å². The molecule has 5 heteroatoms. The predicted molar refractivity (Wildman–Crippen MR) is 63.5 cm³/mol. The molecule has 0 aliphatic carbocycles. The van der Waals surface area contributed by atoms with Crippen molar-refractivity contribution in [3.05, 3.63) is 29.8 Å². The highest BCUT2D eigenvalue weighted by Gasteiger charge is 2.28. The highest BCUT2D eigenvalue weighted by Crippen LogP contribution is 2.22. The first-order valence-electron chi connectivity index (χ1n) is 5.63. The average molecular weight is 257 g/mol. The molecule has 0 N–H and O–H groups in total. The highest BCUT2D eigenvalue weighted by molar-refractivity contribution is 6.20. The Morgan fingerprint density at radius 2 is 2.35 bits per heavy atom. The lowest BCUT2D eigenvalue weighted by atomic mass is 9.99. The fraction of sp³-hybridized carbons (Fsp3) is 0.500. The Labute approximate surface area is 105 Å². The molecule has 1 aliphatic rings. The number of hydrogen-bond acceptors (Lipinski definition) is 2. The third-order valence-electron chi connectivity index (χ3n) is 3.03. The lowest BCUT2D eigenvalue weighted by molar-refractivity contribution is 0.0681. The lowest BCUT2D eigenvalue weighted by Gasteiger charge is -2.33. The van der Waals surface area contributed by atoms with Crippen LogP contribution < -0.4 is 0 Å². The van der Waals surface area contributed by atoms with Crippen LogP contribution in [0.5, 0.6) is 0 Å². The Balaban J connectivity index is 2.08. The smallest absolute Gasteiger partial charge is 0.272 e. The molecule has 1 aromatic rings. The molecule has 1 fully saturated rings. The molecule has 0 radical (unpaired) electrons. The fourth-order valence-electron chi connectivity index (χ4n) is 1.97. The lowest BCUT2D eigenvalue weighted by Crippen LogP contribution is -2.43. The summed E-state index contributed by atoms with van der Waals surface area (Å²) in [5.41, 5.74) is 0.284. The number of likely N-dealkylation sites (tertiary alicyclic amines) is 1. The monoisotopic (exact) mass is 256 g/mol. The van der Waals surface area contributed by atoms with E-state index in [9.17, 15) is 9.18 Å². The number of rotatable bonds is 1. The summed E-state index contributed by atoms with van der Waals surface area (Å²) in [5, 5.41) is 0.125. The van der Waals surface area contributed by atoms with E-state index in [1.807, 2.05) is 6.92 Å². The van der Waals surface area contributed by atoms with Crippen molar-refractivity contribution in [2.75, 3.05) is 13.1 Å². The van der Waals surface area contributed by atoms with Gasteiger partial charge in [0.25, 0.3) is 5.91 Å². The molecule has 0 saturated carbocycles. The van der Waals surface area contributed by atoms with Crippen LogP contribution in [-0.4, -0.2) is 34.3 Å². The summed E-state index contributed by atoms with van der Waals surface area (Å²) in [5.74, 6) is -0.315. The minimum Gasteiger partial charge on any atom is -0.337 e. The molecule has 1 saturated heterocycles. The first-order chi connectivity index (χ1) is 8.08. The summed E-state index contributed by atoms with van der Waals surface area (Å²) in [6, 6.07) is 2.66. The van der Waals surface area contributed by atoms with Crippen LogP contribution in [0.2, 0.25) is 0 Å². The number of piperidine rings is 1. The van der Waals surface area contributed by atoms with Gasteiger partial charge < -0.3 is 4.90 Å². The third kappa shape index (κ3) is 2.75. The van der Waals surface area contributed by atoms with Crippen molar-refractivity contribution in [1.29, 1.82) is 0 Å². The van der Waals surface area contributed by atoms with Gasteiger partial charge in [-0.2, -0.15) is 0 Å². The van der Waals surface area contributed by atoms with E-state index in [1.54, 1.807) is 4.90 Å². The van der Waals surface area contributed by atoms with Gasteiger partial charge in [0.2, 0.25) is 0 Å². The molecule has 0 bridgehead atoms. The van der Waals surface area contributed by atoms with Gasteiger partial charge in [-0.15, -0.1) is 11.6 Å². The van der Waals surface area contributed by atoms with E-state index >= 15 is 0 Å². The van der Waals surface area contributed by atoms with Crippen LogP contribution in [0.25, 0.3) is 0 Å². The minimum absolute atomic E-state index is 0.125. The van der Waals surface area contributed by atoms with E-state index in [0.29, 0.717) is 13.1 Å². The Morgan fingerprint density at radius 3 is 2.94 bits per heavy atom. The van der Waals surface area contributed by atoms with Crippen molar-refractivity contribution in [3.63, 3.8) is 0 Å². The molecule has 0 spiro atoms. The molecule has 17 heavy (non-hydrogen) atoms. The normalized spacial score (nSPS) is 24.8. The Bertz CT molecular complexity index is 409. The van der Waals surface area contributed by atoms with Gasteiger partial charge in [0, 0.05) is 18.5 Å². The number of pyridine rings is 1. The zero-order valence-electron chi connectivity index (χ0n) is 9.57. The summed E-state index contributed by atoms with van der Waals surface area (Å²) in [6.07, 6.45) is 1.85. The molecule has 3 nitrogen and oxygen atoms in total. The zero-order chi connectivity index (χ0) is 12.4. The van der Waals surface area contributed by atoms with Crippen LogP contribution in [-0.2, 0) is 0 Å². The average Bonchev–Trinajstić information content (AvgIpc) is 2.33. The summed E-state index contributed by atoms with van der Waals surface area (Å²) < 4.78 is 12.7. The van der Waals surface area contributed by atoms with Crippen molar-refractivity contribution in [2.24, 2.45) is 5.92 Å². The van der Waals surface area contributed by atoms with Crippen molar-refractivity contribution >= 4 is 17.5 Å². The van der Waals surface area contributed by atoms with Crippen molar-refractivity contribution in [2.45, 2.75) is 18.7 Å². The number of carbonyl (C=O) groups excluding carboxylic acids is 1. The molecular formula is C12H14ClFN2O. The second kappa shape index (κ2) is 5.00. The molecule has 2 heterocycles. The number of alkyl halides is 1. The summed E-state index contributed by atoms with van der Waals surface area (Å²) in [4.78, 5) is 17.6. The number of halogens is 2. The second-order valence-corrected chi connectivity index (χ2v) is 4.96. The Morgan fingerprint density at radius 1 is 1.59 bits per heavy atom. The van der Waals surface area contributed by atoms with E-state index in [-0.39, 0.29) is 22.9 Å². The van der Waals surface area contributed by atoms with Crippen molar-refractivity contribution in [1.82, 2.24) is 9.88 Å². The first-order valence-corrected chi connectivity index (χ1v) is 6.06. The molecule has 1 aliphatic heterocycles. The van der Waals surface area contributed by atoms with Gasteiger partial charge >= 0.3 is 0 Å². The first kappa shape index (κ1) is 12.3. The summed E-state index contributed by atoms with van der Waals surface area (Å²) >= 11 is 6.10. The van der Waals surface area contributed by atoms with Crippen molar-refractivity contribution in [3.8, 4) is 0 Å². The number of nitrogens with zero attached hydrogens (tertiary/aromatic N) is 2. The van der Waals surface area contributed by atoms with Crippen LogP contribution >= 0.6 is 11.6 Å². The summed E-state index contributed by atoms with van der Waals surface area (Å²) in [7, 11) is 0. The zero-order valence-corrected chi connectivity index (χ0v) is 10.3. The largest absolute Gasteiger partial charge is 0.337 e. The van der Waals surface area contributed by atoms with E-state index in [0.717, 1.165) is 12.6 Å². The van der Waals surface area contributed by atoms with E-state index in [4.69, 9.17) is 11.6 Å². The molecule has 2 rings (SSSR count). The van der Waals surface area contributed by atoms with Gasteiger partial charge in [0.05, 0.1) is 6.20 Å². The topological polar surface area (TPSA) is 33.2 Å². The van der Waals surface area contributed by atoms with Crippen LogP contribution in [0.4, 0.5) is 4.39 Å². The highest BCUT2D eigenvalue weighted by atomic mass is 35.5. The van der Waals surface area contributed by atoms with Crippen molar-refractivity contribution < 1.29 is 9.18 Å². The number of amides is 1. The quantitative estimate of drug-likeness (QED) is 0.723. The van der Waals surface area contributed by atoms with E-state index in [2.05, 4.69) is 4.98 Å². The maximum absolute atomic E-state index is 12.7. The molecule has 1 amide bonds. The van der Waals surface area contributed by atoms with Gasteiger partial charge in [0.15, 0.2) is 0 Å². The maximum Gasteiger partial charge on any atom is 0.272 e. The minimum atomic E-state index is -0.436. The van der Waals surface area contributed by atoms with Gasteiger partial charge in [-0.05, 0) is 24.5 Å². The molecular weight excluding hydrogens is 243 g/mol. The molecule has 0 aromatic carbocycles. The van der Waals surface area contributed by atoms with E-state index in [1.165, 1.54) is 12.1 Å². The van der Waals surface area contributed by atoms with Gasteiger partial charge in [-0.3, -0.25) is 4.79 Å². The van der Waals surface area contributed by atoms with Gasteiger partial charge in [-0.1, -0.05) is 6.92 Å². The number of aromatic nitrogens is 1. The molecule has 2 atom stereocenters. The van der Waals surface area contributed by atoms with Gasteiger partial charge in [-0.25, -0.2) is 9.37 Å². The van der Waals surface area contributed by atoms with Crippen LogP contribution in [0, 0.1) is 11.7 Å². The van der Waals surface area contributed by atoms with Gasteiger partial charge in [0.1, 0.15) is 11.5 Å². The van der Waals surface area contributed by atoms with Crippen LogP contribution in [0.3, 0.4) is 0 Å². The maximum atomic E-state index is 12.7. The molecule has 1 aromatic heterocycles. The SMILES string of the molecule is CC1CN(C(=O)c2ccc(F)cn2)CCC1Cl. The van der Waals surface area contributed by atoms with E-state index < -0.39 is 5.82 Å². The number of carbonyl (C=O) groups is 1. The molecule has 2 unspecified atom stereocenters. The second-order valence-electron chi connectivity index (χ2n) is 4.39. The Kier molecular flexibility index (Phi) is 3.62. The number of hydrogen-bond donors (Lipinski definition) is 0. The Hall–Kier alpha value is -1.16. The summed E-state index contributed by atoms with van der Waals surface area (Å²) in [6.45, 7) is 3.29. The standard InChI is InChI=1S/C12H14ClFN2O/c1-8-7-16(5-4-10(8)13)12(17)11-3-2-9(14)6-15-11/h2-3,6,8,10H,4-5,7H2,1H3.